The first kappa shape index (κ1) is 25.2. The standard InChI is InChI=1S/C21H22Cl4N2O2S/c1-3-26-21(29)13(2)27(10-15-16(22)5-4-6-17(15)23)20(28)12-30-11-14-7-8-18(24)19(25)9-14/h4-9,13H,3,10-12H2,1-2H3,(H,26,29)/t13-/m0/s1. The number of benzene rings is 2. The first-order valence-corrected chi connectivity index (χ1v) is 11.9. The van der Waals surface area contributed by atoms with Gasteiger partial charge < -0.3 is 10.2 Å². The minimum absolute atomic E-state index is 0.142. The number of thioether (sulfide) groups is 1. The smallest absolute Gasteiger partial charge is 0.242 e. The second-order valence-electron chi connectivity index (χ2n) is 6.53. The van der Waals surface area contributed by atoms with Gasteiger partial charge in [-0.3, -0.25) is 9.59 Å². The van der Waals surface area contributed by atoms with Crippen molar-refractivity contribution in [3.63, 3.8) is 0 Å². The molecule has 0 aliphatic carbocycles. The molecule has 30 heavy (non-hydrogen) atoms. The van der Waals surface area contributed by atoms with Crippen LogP contribution < -0.4 is 5.32 Å². The maximum absolute atomic E-state index is 13.0. The molecule has 0 aromatic heterocycles. The van der Waals surface area contributed by atoms with Crippen LogP contribution in [0.25, 0.3) is 0 Å². The molecule has 0 radical (unpaired) electrons. The first-order valence-electron chi connectivity index (χ1n) is 9.26. The Kier molecular flexibility index (Phi) is 10.1. The lowest BCUT2D eigenvalue weighted by Crippen LogP contribution is -2.48. The predicted molar refractivity (Wildman–Crippen MR) is 128 cm³/mol. The molecule has 2 rings (SSSR count). The van der Waals surface area contributed by atoms with E-state index < -0.39 is 6.04 Å². The lowest BCUT2D eigenvalue weighted by Gasteiger charge is -2.29. The van der Waals surface area contributed by atoms with Gasteiger partial charge in [0.2, 0.25) is 11.8 Å². The number of carbonyl (C=O) groups is 2. The molecule has 0 aliphatic heterocycles. The molecule has 0 aliphatic rings. The van der Waals surface area contributed by atoms with Crippen LogP contribution in [0.1, 0.15) is 25.0 Å². The summed E-state index contributed by atoms with van der Waals surface area (Å²) in [5, 5.41) is 4.62. The van der Waals surface area contributed by atoms with E-state index in [9.17, 15) is 9.59 Å². The maximum atomic E-state index is 13.0. The normalized spacial score (nSPS) is 11.8. The van der Waals surface area contributed by atoms with Gasteiger partial charge in [-0.15, -0.1) is 11.8 Å². The molecular weight excluding hydrogens is 486 g/mol. The van der Waals surface area contributed by atoms with Crippen molar-refractivity contribution >= 4 is 70.0 Å². The molecule has 0 unspecified atom stereocenters. The fourth-order valence-corrected chi connectivity index (χ4v) is 4.42. The van der Waals surface area contributed by atoms with Gasteiger partial charge in [-0.1, -0.05) is 58.5 Å². The van der Waals surface area contributed by atoms with Crippen molar-refractivity contribution in [2.24, 2.45) is 0 Å². The van der Waals surface area contributed by atoms with Gasteiger partial charge in [0, 0.05) is 34.5 Å². The van der Waals surface area contributed by atoms with Crippen molar-refractivity contribution in [2.45, 2.75) is 32.2 Å². The summed E-state index contributed by atoms with van der Waals surface area (Å²) < 4.78 is 0. The Bertz CT molecular complexity index is 890. The second kappa shape index (κ2) is 12.1. The predicted octanol–water partition coefficient (Wildman–Crippen LogP) is 6.09. The van der Waals surface area contributed by atoms with E-state index >= 15 is 0 Å². The Hall–Kier alpha value is -1.11. The van der Waals surface area contributed by atoms with Gasteiger partial charge >= 0.3 is 0 Å². The summed E-state index contributed by atoms with van der Waals surface area (Å²) in [6, 6.07) is 9.85. The molecule has 1 N–H and O–H groups in total. The largest absolute Gasteiger partial charge is 0.355 e. The highest BCUT2D eigenvalue weighted by molar-refractivity contribution is 7.99. The van der Waals surface area contributed by atoms with E-state index in [1.807, 2.05) is 13.0 Å². The lowest BCUT2D eigenvalue weighted by atomic mass is 10.1. The van der Waals surface area contributed by atoms with Crippen LogP contribution in [0.3, 0.4) is 0 Å². The third-order valence-electron chi connectivity index (χ3n) is 4.39. The molecule has 2 aromatic rings. The SMILES string of the molecule is CCNC(=O)[C@H](C)N(Cc1c(Cl)cccc1Cl)C(=O)CSCc1ccc(Cl)c(Cl)c1. The minimum atomic E-state index is -0.671. The fourth-order valence-electron chi connectivity index (χ4n) is 2.73. The monoisotopic (exact) mass is 506 g/mol. The average Bonchev–Trinajstić information content (AvgIpc) is 2.70. The quantitative estimate of drug-likeness (QED) is 0.447. The topological polar surface area (TPSA) is 49.4 Å². The fraction of sp³-hybridized carbons (Fsp3) is 0.333. The number of hydrogen-bond donors (Lipinski definition) is 1. The molecule has 1 atom stereocenters. The lowest BCUT2D eigenvalue weighted by molar-refractivity contribution is -0.138. The van der Waals surface area contributed by atoms with Crippen molar-refractivity contribution in [1.29, 1.82) is 0 Å². The number of halogens is 4. The van der Waals surface area contributed by atoms with Crippen LogP contribution in [0.5, 0.6) is 0 Å². The molecule has 2 amide bonds. The van der Waals surface area contributed by atoms with Gasteiger partial charge in [0.1, 0.15) is 6.04 Å². The van der Waals surface area contributed by atoms with E-state index in [0.717, 1.165) is 5.56 Å². The van der Waals surface area contributed by atoms with Crippen LogP contribution in [0.15, 0.2) is 36.4 Å². The Labute approximate surface area is 201 Å². The van der Waals surface area contributed by atoms with Crippen LogP contribution >= 0.6 is 58.2 Å². The Morgan fingerprint density at radius 1 is 1.03 bits per heavy atom. The van der Waals surface area contributed by atoms with Gasteiger partial charge in [-0.05, 0) is 43.7 Å². The number of likely N-dealkylation sites (N-methyl/N-ethyl adjacent to an activating group) is 1. The summed E-state index contributed by atoms with van der Waals surface area (Å²) in [7, 11) is 0. The summed E-state index contributed by atoms with van der Waals surface area (Å²) in [5.41, 5.74) is 1.57. The Morgan fingerprint density at radius 2 is 1.70 bits per heavy atom. The number of amides is 2. The van der Waals surface area contributed by atoms with Gasteiger partial charge in [0.05, 0.1) is 15.8 Å². The summed E-state index contributed by atoms with van der Waals surface area (Å²) in [6.45, 7) is 4.14. The number of hydrogen-bond acceptors (Lipinski definition) is 3. The highest BCUT2D eigenvalue weighted by atomic mass is 35.5. The van der Waals surface area contributed by atoms with Crippen LogP contribution in [0.2, 0.25) is 20.1 Å². The van der Waals surface area contributed by atoms with E-state index in [1.54, 1.807) is 37.3 Å². The van der Waals surface area contributed by atoms with E-state index in [2.05, 4.69) is 5.32 Å². The van der Waals surface area contributed by atoms with E-state index in [1.165, 1.54) is 16.7 Å². The van der Waals surface area contributed by atoms with Crippen LogP contribution in [-0.4, -0.2) is 35.1 Å². The van der Waals surface area contributed by atoms with E-state index in [4.69, 9.17) is 46.4 Å². The summed E-state index contributed by atoms with van der Waals surface area (Å²) >= 11 is 26.0. The van der Waals surface area contributed by atoms with Gasteiger partial charge in [-0.2, -0.15) is 0 Å². The van der Waals surface area contributed by atoms with Crippen LogP contribution in [0.4, 0.5) is 0 Å². The second-order valence-corrected chi connectivity index (χ2v) is 9.15. The van der Waals surface area contributed by atoms with Gasteiger partial charge in [0.25, 0.3) is 0 Å². The molecule has 4 nitrogen and oxygen atoms in total. The Morgan fingerprint density at radius 3 is 2.30 bits per heavy atom. The van der Waals surface area contributed by atoms with Gasteiger partial charge in [0.15, 0.2) is 0 Å². The van der Waals surface area contributed by atoms with E-state index in [-0.39, 0.29) is 24.1 Å². The van der Waals surface area contributed by atoms with Crippen molar-refractivity contribution < 1.29 is 9.59 Å². The van der Waals surface area contributed by atoms with Crippen molar-refractivity contribution in [1.82, 2.24) is 10.2 Å². The Balaban J connectivity index is 2.13. The number of carbonyl (C=O) groups excluding carboxylic acids is 2. The number of nitrogens with zero attached hydrogens (tertiary/aromatic N) is 1. The zero-order valence-electron chi connectivity index (χ0n) is 16.6. The average molecular weight is 508 g/mol. The zero-order chi connectivity index (χ0) is 22.3. The number of rotatable bonds is 9. The molecule has 0 saturated heterocycles. The van der Waals surface area contributed by atoms with E-state index in [0.29, 0.717) is 38.0 Å². The molecule has 9 heteroatoms. The molecule has 162 valence electrons. The van der Waals surface area contributed by atoms with Crippen LogP contribution in [0, 0.1) is 0 Å². The molecule has 0 saturated carbocycles. The van der Waals surface area contributed by atoms with Gasteiger partial charge in [-0.25, -0.2) is 0 Å². The molecule has 0 bridgehead atoms. The minimum Gasteiger partial charge on any atom is -0.355 e. The third-order valence-corrected chi connectivity index (χ3v) is 6.82. The molecule has 0 fully saturated rings. The highest BCUT2D eigenvalue weighted by Gasteiger charge is 2.27. The van der Waals surface area contributed by atoms with Crippen molar-refractivity contribution in [2.75, 3.05) is 12.3 Å². The molecule has 0 spiro atoms. The maximum Gasteiger partial charge on any atom is 0.242 e. The summed E-state index contributed by atoms with van der Waals surface area (Å²) in [5.74, 6) is 0.351. The molecule has 0 heterocycles. The first-order chi connectivity index (χ1) is 14.2. The number of nitrogens with one attached hydrogen (secondary N) is 1. The molecule has 2 aromatic carbocycles. The highest BCUT2D eigenvalue weighted by Crippen LogP contribution is 2.28. The zero-order valence-corrected chi connectivity index (χ0v) is 20.4. The third kappa shape index (κ3) is 6.96. The molecular formula is C21H22Cl4N2O2S. The van der Waals surface area contributed by atoms with Crippen molar-refractivity contribution in [3.8, 4) is 0 Å². The van der Waals surface area contributed by atoms with Crippen LogP contribution in [-0.2, 0) is 21.9 Å². The van der Waals surface area contributed by atoms with Crippen molar-refractivity contribution in [3.05, 3.63) is 67.6 Å². The summed E-state index contributed by atoms with van der Waals surface area (Å²) in [4.78, 5) is 26.9. The summed E-state index contributed by atoms with van der Waals surface area (Å²) in [6.07, 6.45) is 0.